The third-order valence-electron chi connectivity index (χ3n) is 3.90. The van der Waals surface area contributed by atoms with Crippen molar-refractivity contribution in [2.45, 2.75) is 34.2 Å². The van der Waals surface area contributed by atoms with Crippen LogP contribution in [0.3, 0.4) is 0 Å². The van der Waals surface area contributed by atoms with Gasteiger partial charge in [0.2, 0.25) is 0 Å². The van der Waals surface area contributed by atoms with E-state index in [9.17, 15) is 0 Å². The van der Waals surface area contributed by atoms with Crippen molar-refractivity contribution in [3.8, 4) is 0 Å². The van der Waals surface area contributed by atoms with Crippen LogP contribution in [0.2, 0.25) is 0 Å². The molecule has 2 rings (SSSR count). The van der Waals surface area contributed by atoms with E-state index >= 15 is 0 Å². The van der Waals surface area contributed by atoms with Crippen LogP contribution in [0.1, 0.15) is 32.0 Å². The van der Waals surface area contributed by atoms with Crippen LogP contribution in [-0.4, -0.2) is 49.2 Å². The van der Waals surface area contributed by atoms with E-state index in [2.05, 4.69) is 54.9 Å². The van der Waals surface area contributed by atoms with Crippen molar-refractivity contribution in [2.75, 3.05) is 44.2 Å². The number of nitrogens with one attached hydrogen (secondary N) is 1. The summed E-state index contributed by atoms with van der Waals surface area (Å²) in [5, 5.41) is 3.40. The molecule has 0 aliphatic carbocycles. The number of anilines is 1. The average molecular weight is 290 g/mol. The summed E-state index contributed by atoms with van der Waals surface area (Å²) in [5.74, 6) is 1.90. The number of hydrogen-bond donors (Lipinski definition) is 1. The average Bonchev–Trinajstić information content (AvgIpc) is 2.44. The summed E-state index contributed by atoms with van der Waals surface area (Å²) >= 11 is 0. The van der Waals surface area contributed by atoms with Crippen molar-refractivity contribution in [3.63, 3.8) is 0 Å². The maximum atomic E-state index is 4.73. The van der Waals surface area contributed by atoms with Gasteiger partial charge in [0.15, 0.2) is 0 Å². The minimum Gasteiger partial charge on any atom is -0.354 e. The van der Waals surface area contributed by atoms with Crippen molar-refractivity contribution in [3.05, 3.63) is 23.4 Å². The van der Waals surface area contributed by atoms with Crippen LogP contribution < -0.4 is 10.2 Å². The molecule has 2 heterocycles. The van der Waals surface area contributed by atoms with Crippen LogP contribution in [0.25, 0.3) is 0 Å². The maximum absolute atomic E-state index is 4.73. The van der Waals surface area contributed by atoms with Crippen LogP contribution in [0.15, 0.2) is 12.1 Å². The molecule has 4 heteroatoms. The number of nitrogens with zero attached hydrogens (tertiary/aromatic N) is 3. The maximum Gasteiger partial charge on any atom is 0.129 e. The van der Waals surface area contributed by atoms with E-state index < -0.39 is 0 Å². The Bertz CT molecular complexity index is 436. The number of aryl methyl sites for hydroxylation is 1. The monoisotopic (exact) mass is 290 g/mol. The second-order valence-corrected chi connectivity index (χ2v) is 6.44. The first-order valence-electron chi connectivity index (χ1n) is 8.24. The van der Waals surface area contributed by atoms with E-state index in [1.165, 1.54) is 12.1 Å². The molecule has 1 aromatic rings. The number of hydrogen-bond acceptors (Lipinski definition) is 4. The van der Waals surface area contributed by atoms with Crippen LogP contribution in [0, 0.1) is 12.8 Å². The van der Waals surface area contributed by atoms with Gasteiger partial charge in [0.1, 0.15) is 5.82 Å². The van der Waals surface area contributed by atoms with Gasteiger partial charge < -0.3 is 10.2 Å². The van der Waals surface area contributed by atoms with E-state index in [4.69, 9.17) is 4.98 Å². The molecule has 1 N–H and O–H groups in total. The Morgan fingerprint density at radius 1 is 1.19 bits per heavy atom. The quantitative estimate of drug-likeness (QED) is 0.871. The zero-order chi connectivity index (χ0) is 15.2. The van der Waals surface area contributed by atoms with Crippen LogP contribution in [0.5, 0.6) is 0 Å². The van der Waals surface area contributed by atoms with E-state index in [-0.39, 0.29) is 0 Å². The lowest BCUT2D eigenvalue weighted by Crippen LogP contribution is -2.47. The van der Waals surface area contributed by atoms with Gasteiger partial charge in [0.25, 0.3) is 0 Å². The van der Waals surface area contributed by atoms with Crippen molar-refractivity contribution >= 4 is 5.82 Å². The van der Waals surface area contributed by atoms with Crippen molar-refractivity contribution in [1.82, 2.24) is 15.2 Å². The van der Waals surface area contributed by atoms with Gasteiger partial charge in [-0.1, -0.05) is 20.8 Å². The molecule has 0 atom stereocenters. The summed E-state index contributed by atoms with van der Waals surface area (Å²) in [6.45, 7) is 16.4. The highest BCUT2D eigenvalue weighted by atomic mass is 15.3. The van der Waals surface area contributed by atoms with Gasteiger partial charge in [0, 0.05) is 45.0 Å². The first-order valence-corrected chi connectivity index (χ1v) is 8.24. The molecule has 0 unspecified atom stereocenters. The Morgan fingerprint density at radius 3 is 2.52 bits per heavy atom. The first kappa shape index (κ1) is 16.2. The van der Waals surface area contributed by atoms with Gasteiger partial charge in [-0.3, -0.25) is 4.90 Å². The molecule has 4 nitrogen and oxygen atoms in total. The lowest BCUT2D eigenvalue weighted by molar-refractivity contribution is 0.231. The summed E-state index contributed by atoms with van der Waals surface area (Å²) in [6, 6.07) is 4.43. The van der Waals surface area contributed by atoms with Gasteiger partial charge in [-0.15, -0.1) is 0 Å². The van der Waals surface area contributed by atoms with E-state index in [0.717, 1.165) is 56.7 Å². The van der Waals surface area contributed by atoms with E-state index in [1.807, 2.05) is 0 Å². The predicted octanol–water partition coefficient (Wildman–Crippen LogP) is 2.28. The molecular formula is C17H30N4. The zero-order valence-electron chi connectivity index (χ0n) is 14.0. The molecule has 1 aliphatic rings. The Labute approximate surface area is 129 Å². The van der Waals surface area contributed by atoms with Crippen molar-refractivity contribution < 1.29 is 0 Å². The Balaban J connectivity index is 1.97. The smallest absolute Gasteiger partial charge is 0.129 e. The fourth-order valence-corrected chi connectivity index (χ4v) is 2.93. The fourth-order valence-electron chi connectivity index (χ4n) is 2.93. The fraction of sp³-hybridized carbons (Fsp3) is 0.706. The highest BCUT2D eigenvalue weighted by Gasteiger charge is 2.18. The first-order chi connectivity index (χ1) is 10.1. The van der Waals surface area contributed by atoms with Gasteiger partial charge in [-0.2, -0.15) is 0 Å². The second-order valence-electron chi connectivity index (χ2n) is 6.44. The molecule has 1 aromatic heterocycles. The second kappa shape index (κ2) is 7.76. The SMILES string of the molecule is CCNCc1cc(C)nc(N2CCN(CC(C)C)CC2)c1. The van der Waals surface area contributed by atoms with Crippen LogP contribution >= 0.6 is 0 Å². The molecule has 118 valence electrons. The van der Waals surface area contributed by atoms with Crippen LogP contribution in [-0.2, 0) is 6.54 Å². The minimum atomic E-state index is 0.750. The van der Waals surface area contributed by atoms with Gasteiger partial charge in [0.05, 0.1) is 0 Å². The predicted molar refractivity (Wildman–Crippen MR) is 89.8 cm³/mol. The highest BCUT2D eigenvalue weighted by molar-refractivity contribution is 5.43. The third-order valence-corrected chi connectivity index (χ3v) is 3.90. The lowest BCUT2D eigenvalue weighted by Gasteiger charge is -2.36. The summed E-state index contributed by atoms with van der Waals surface area (Å²) in [6.07, 6.45) is 0. The Kier molecular flexibility index (Phi) is 6.00. The molecule has 1 aliphatic heterocycles. The van der Waals surface area contributed by atoms with Gasteiger partial charge in [-0.05, 0) is 37.1 Å². The lowest BCUT2D eigenvalue weighted by atomic mass is 10.1. The zero-order valence-corrected chi connectivity index (χ0v) is 14.0. The molecule has 0 spiro atoms. The Morgan fingerprint density at radius 2 is 1.90 bits per heavy atom. The van der Waals surface area contributed by atoms with E-state index in [0.29, 0.717) is 0 Å². The molecule has 1 saturated heterocycles. The highest BCUT2D eigenvalue weighted by Crippen LogP contribution is 2.17. The molecule has 1 fully saturated rings. The molecule has 0 bridgehead atoms. The molecular weight excluding hydrogens is 260 g/mol. The largest absolute Gasteiger partial charge is 0.354 e. The number of piperazine rings is 1. The summed E-state index contributed by atoms with van der Waals surface area (Å²) < 4.78 is 0. The van der Waals surface area contributed by atoms with Gasteiger partial charge in [-0.25, -0.2) is 4.98 Å². The summed E-state index contributed by atoms with van der Waals surface area (Å²) in [4.78, 5) is 9.73. The minimum absolute atomic E-state index is 0.750. The molecule has 0 saturated carbocycles. The molecule has 21 heavy (non-hydrogen) atoms. The van der Waals surface area contributed by atoms with Crippen LogP contribution in [0.4, 0.5) is 5.82 Å². The third kappa shape index (κ3) is 4.97. The number of aromatic nitrogens is 1. The number of pyridine rings is 1. The van der Waals surface area contributed by atoms with Crippen molar-refractivity contribution in [2.24, 2.45) is 5.92 Å². The number of rotatable bonds is 6. The van der Waals surface area contributed by atoms with E-state index in [1.54, 1.807) is 0 Å². The molecule has 0 amide bonds. The normalized spacial score (nSPS) is 16.7. The van der Waals surface area contributed by atoms with Gasteiger partial charge >= 0.3 is 0 Å². The molecule has 0 aromatic carbocycles. The summed E-state index contributed by atoms with van der Waals surface area (Å²) in [7, 11) is 0. The molecule has 0 radical (unpaired) electrons. The topological polar surface area (TPSA) is 31.4 Å². The van der Waals surface area contributed by atoms with Crippen molar-refractivity contribution in [1.29, 1.82) is 0 Å². The Hall–Kier alpha value is -1.13. The standard InChI is InChI=1S/C17H30N4/c1-5-18-12-16-10-15(4)19-17(11-16)21-8-6-20(7-9-21)13-14(2)3/h10-11,14,18H,5-9,12-13H2,1-4H3. The summed E-state index contributed by atoms with van der Waals surface area (Å²) in [5.41, 5.74) is 2.45.